The number of nitrogens with one attached hydrogen (secondary N) is 3. The maximum Gasteiger partial charge on any atom is 0.336 e. The Morgan fingerprint density at radius 2 is 1.24 bits per heavy atom. The molecule has 0 saturated heterocycles. The second kappa shape index (κ2) is 11.4. The van der Waals surface area contributed by atoms with Crippen molar-refractivity contribution in [3.63, 3.8) is 0 Å². The van der Waals surface area contributed by atoms with Gasteiger partial charge in [-0.15, -0.1) is 11.8 Å². The highest BCUT2D eigenvalue weighted by Crippen LogP contribution is 2.25. The third-order valence-electron chi connectivity index (χ3n) is 5.35. The van der Waals surface area contributed by atoms with Crippen molar-refractivity contribution in [2.75, 3.05) is 21.7 Å². The van der Waals surface area contributed by atoms with E-state index in [1.807, 2.05) is 0 Å². The molecule has 8 nitrogen and oxygen atoms in total. The summed E-state index contributed by atoms with van der Waals surface area (Å²) in [7, 11) is 0. The van der Waals surface area contributed by atoms with Gasteiger partial charge in [-0.1, -0.05) is 24.3 Å². The molecule has 4 N–H and O–H groups in total. The van der Waals surface area contributed by atoms with E-state index >= 15 is 0 Å². The number of fused-ring (bicyclic) bond motifs is 1. The van der Waals surface area contributed by atoms with Gasteiger partial charge in [-0.3, -0.25) is 14.4 Å². The van der Waals surface area contributed by atoms with Crippen LogP contribution in [0.25, 0.3) is 10.8 Å². The number of hydrogen-bond acceptors (Lipinski definition) is 5. The number of anilines is 3. The third-order valence-corrected chi connectivity index (χ3v) is 6.36. The van der Waals surface area contributed by atoms with E-state index in [0.29, 0.717) is 27.8 Å². The molecule has 0 radical (unpaired) electrons. The molecule has 0 aliphatic carbocycles. The van der Waals surface area contributed by atoms with Gasteiger partial charge in [0.1, 0.15) is 0 Å². The number of carboxylic acid groups (broad SMARTS) is 1. The van der Waals surface area contributed by atoms with Gasteiger partial charge in [-0.2, -0.15) is 0 Å². The van der Waals surface area contributed by atoms with Crippen LogP contribution in [0.15, 0.2) is 89.8 Å². The fraction of sp³-hybridized carbons (Fsp3) is 0.0714. The number of aromatic carboxylic acids is 1. The van der Waals surface area contributed by atoms with Gasteiger partial charge in [0, 0.05) is 39.8 Å². The van der Waals surface area contributed by atoms with Crippen molar-refractivity contribution in [1.82, 2.24) is 0 Å². The van der Waals surface area contributed by atoms with Crippen molar-refractivity contribution >= 4 is 63.3 Å². The highest BCUT2D eigenvalue weighted by Gasteiger charge is 2.16. The summed E-state index contributed by atoms with van der Waals surface area (Å²) in [6.07, 6.45) is 0. The SMILES string of the molecule is CC(=O)Nc1ccc(NC(=O)CSc2ccc(NC(=O)c3cccc4cccc(C(=O)O)c34)cc2)cc1. The predicted molar refractivity (Wildman–Crippen MR) is 145 cm³/mol. The molecule has 4 aromatic carbocycles. The fourth-order valence-electron chi connectivity index (χ4n) is 3.73. The van der Waals surface area contributed by atoms with Crippen LogP contribution in [0.2, 0.25) is 0 Å². The highest BCUT2D eigenvalue weighted by atomic mass is 32.2. The van der Waals surface area contributed by atoms with E-state index in [9.17, 15) is 24.3 Å². The summed E-state index contributed by atoms with van der Waals surface area (Å²) in [5.41, 5.74) is 2.16. The van der Waals surface area contributed by atoms with Gasteiger partial charge in [-0.05, 0) is 66.0 Å². The van der Waals surface area contributed by atoms with Crippen LogP contribution >= 0.6 is 11.8 Å². The molecule has 0 aliphatic heterocycles. The van der Waals surface area contributed by atoms with Gasteiger partial charge in [0.15, 0.2) is 0 Å². The number of carbonyl (C=O) groups is 4. The standard InChI is InChI=1S/C28H23N3O5S/c1-17(32)29-19-8-10-20(11-9-19)30-25(33)16-37-22-14-12-21(13-15-22)31-27(34)23-6-2-4-18-5-3-7-24(26(18)23)28(35)36/h2-15H,16H2,1H3,(H,29,32)(H,30,33)(H,31,34)(H,35,36). The normalized spacial score (nSPS) is 10.5. The molecule has 9 heteroatoms. The summed E-state index contributed by atoms with van der Waals surface area (Å²) < 4.78 is 0. The molecule has 4 rings (SSSR count). The smallest absolute Gasteiger partial charge is 0.336 e. The number of rotatable bonds is 8. The van der Waals surface area contributed by atoms with Crippen LogP contribution in [0.1, 0.15) is 27.6 Å². The first-order valence-electron chi connectivity index (χ1n) is 11.3. The molecule has 0 heterocycles. The Hall–Kier alpha value is -4.63. The lowest BCUT2D eigenvalue weighted by molar-refractivity contribution is -0.114. The summed E-state index contributed by atoms with van der Waals surface area (Å²) in [5.74, 6) is -1.67. The molecular weight excluding hydrogens is 490 g/mol. The van der Waals surface area contributed by atoms with Gasteiger partial charge in [-0.25, -0.2) is 4.79 Å². The van der Waals surface area contributed by atoms with Gasteiger partial charge >= 0.3 is 5.97 Å². The summed E-state index contributed by atoms with van der Waals surface area (Å²) in [5, 5.41) is 18.9. The van der Waals surface area contributed by atoms with E-state index < -0.39 is 11.9 Å². The van der Waals surface area contributed by atoms with E-state index in [4.69, 9.17) is 0 Å². The lowest BCUT2D eigenvalue weighted by Crippen LogP contribution is -2.14. The van der Waals surface area contributed by atoms with Gasteiger partial charge in [0.05, 0.1) is 11.3 Å². The Bertz CT molecular complexity index is 1480. The average molecular weight is 514 g/mol. The third kappa shape index (κ3) is 6.53. The minimum absolute atomic E-state index is 0.0666. The molecular formula is C28H23N3O5S. The summed E-state index contributed by atoms with van der Waals surface area (Å²) in [4.78, 5) is 48.9. The number of hydrogen-bond donors (Lipinski definition) is 4. The molecule has 0 spiro atoms. The van der Waals surface area contributed by atoms with Crippen molar-refractivity contribution in [2.24, 2.45) is 0 Å². The Balaban J connectivity index is 1.35. The summed E-state index contributed by atoms with van der Waals surface area (Å²) >= 11 is 1.34. The lowest BCUT2D eigenvalue weighted by atomic mass is 9.98. The maximum atomic E-state index is 13.0. The molecule has 0 saturated carbocycles. The predicted octanol–water partition coefficient (Wildman–Crippen LogP) is 5.48. The molecule has 186 valence electrons. The van der Waals surface area contributed by atoms with Crippen LogP contribution < -0.4 is 16.0 Å². The largest absolute Gasteiger partial charge is 0.478 e. The van der Waals surface area contributed by atoms with Crippen molar-refractivity contribution in [3.8, 4) is 0 Å². The Morgan fingerprint density at radius 1 is 0.703 bits per heavy atom. The minimum Gasteiger partial charge on any atom is -0.478 e. The quantitative estimate of drug-likeness (QED) is 0.231. The van der Waals surface area contributed by atoms with Crippen LogP contribution in [0, 0.1) is 0 Å². The monoisotopic (exact) mass is 513 g/mol. The Kier molecular flexibility index (Phi) is 7.85. The van der Waals surface area contributed by atoms with Crippen LogP contribution in [0.3, 0.4) is 0 Å². The first kappa shape index (κ1) is 25.5. The second-order valence-electron chi connectivity index (χ2n) is 8.09. The van der Waals surface area contributed by atoms with E-state index in [2.05, 4.69) is 16.0 Å². The number of carbonyl (C=O) groups excluding carboxylic acids is 3. The highest BCUT2D eigenvalue weighted by molar-refractivity contribution is 8.00. The zero-order valence-electron chi connectivity index (χ0n) is 19.8. The first-order chi connectivity index (χ1) is 17.8. The van der Waals surface area contributed by atoms with Gasteiger partial charge < -0.3 is 21.1 Å². The van der Waals surface area contributed by atoms with Crippen molar-refractivity contribution in [1.29, 1.82) is 0 Å². The van der Waals surface area contributed by atoms with Gasteiger partial charge in [0.25, 0.3) is 5.91 Å². The second-order valence-corrected chi connectivity index (χ2v) is 9.14. The Labute approximate surface area is 217 Å². The van der Waals surface area contributed by atoms with Crippen LogP contribution in [0.5, 0.6) is 0 Å². The van der Waals surface area contributed by atoms with E-state index in [1.165, 1.54) is 24.8 Å². The number of benzene rings is 4. The molecule has 0 aliphatic rings. The fourth-order valence-corrected chi connectivity index (χ4v) is 4.43. The molecule has 0 unspecified atom stereocenters. The van der Waals surface area contributed by atoms with Crippen LogP contribution in [0.4, 0.5) is 17.1 Å². The topological polar surface area (TPSA) is 125 Å². The zero-order chi connectivity index (χ0) is 26.4. The molecule has 3 amide bonds. The van der Waals surface area contributed by atoms with Gasteiger partial charge in [0.2, 0.25) is 11.8 Å². The van der Waals surface area contributed by atoms with Crippen molar-refractivity contribution in [3.05, 3.63) is 96.1 Å². The van der Waals surface area contributed by atoms with E-state index in [0.717, 1.165) is 4.90 Å². The van der Waals surface area contributed by atoms with E-state index in [1.54, 1.807) is 78.9 Å². The Morgan fingerprint density at radius 3 is 1.84 bits per heavy atom. The molecule has 0 fully saturated rings. The number of thioether (sulfide) groups is 1. The molecule has 4 aromatic rings. The van der Waals surface area contributed by atoms with E-state index in [-0.39, 0.29) is 28.7 Å². The van der Waals surface area contributed by atoms with Crippen LogP contribution in [-0.2, 0) is 9.59 Å². The number of carboxylic acids is 1. The summed E-state index contributed by atoms with van der Waals surface area (Å²) in [6, 6.07) is 23.8. The van der Waals surface area contributed by atoms with Crippen molar-refractivity contribution < 1.29 is 24.3 Å². The summed E-state index contributed by atoms with van der Waals surface area (Å²) in [6.45, 7) is 1.43. The average Bonchev–Trinajstić information content (AvgIpc) is 2.88. The molecule has 0 bridgehead atoms. The minimum atomic E-state index is -1.10. The first-order valence-corrected chi connectivity index (χ1v) is 12.3. The zero-order valence-corrected chi connectivity index (χ0v) is 20.6. The number of amides is 3. The van der Waals surface area contributed by atoms with Crippen LogP contribution in [-0.4, -0.2) is 34.6 Å². The molecule has 37 heavy (non-hydrogen) atoms. The molecule has 0 aromatic heterocycles. The van der Waals surface area contributed by atoms with Crippen molar-refractivity contribution in [2.45, 2.75) is 11.8 Å². The maximum absolute atomic E-state index is 13.0. The lowest BCUT2D eigenvalue weighted by Gasteiger charge is -2.11. The molecule has 0 atom stereocenters.